The zero-order valence-electron chi connectivity index (χ0n) is 11.2. The monoisotopic (exact) mass is 354 g/mol. The summed E-state index contributed by atoms with van der Waals surface area (Å²) in [5.74, 6) is 0. The topological polar surface area (TPSA) is 55.2 Å². The molecule has 0 aliphatic rings. The average Bonchev–Trinajstić information content (AvgIpc) is 2.75. The Bertz CT molecular complexity index is 608. The summed E-state index contributed by atoms with van der Waals surface area (Å²) < 4.78 is 1.13. The molecule has 1 aromatic heterocycles. The van der Waals surface area contributed by atoms with Crippen molar-refractivity contribution in [3.63, 3.8) is 0 Å². The van der Waals surface area contributed by atoms with Gasteiger partial charge in [0.25, 0.3) is 5.69 Å². The highest BCUT2D eigenvalue weighted by Gasteiger charge is 2.11. The molecule has 6 heteroatoms. The molecule has 0 spiro atoms. The van der Waals surface area contributed by atoms with Crippen LogP contribution in [0.4, 0.5) is 5.69 Å². The van der Waals surface area contributed by atoms with Gasteiger partial charge in [-0.3, -0.25) is 10.1 Å². The van der Waals surface area contributed by atoms with E-state index in [2.05, 4.69) is 34.2 Å². The number of nitrogens with zero attached hydrogens (tertiary/aromatic N) is 1. The third-order valence-corrected chi connectivity index (χ3v) is 5.21. The van der Waals surface area contributed by atoms with E-state index in [1.165, 1.54) is 15.8 Å². The van der Waals surface area contributed by atoms with Gasteiger partial charge in [0.05, 0.1) is 4.92 Å². The summed E-state index contributed by atoms with van der Waals surface area (Å²) in [6.45, 7) is 4.83. The summed E-state index contributed by atoms with van der Waals surface area (Å²) >= 11 is 5.24. The van der Waals surface area contributed by atoms with Crippen LogP contribution in [0, 0.1) is 17.0 Å². The number of nitro groups is 1. The van der Waals surface area contributed by atoms with Crippen LogP contribution < -0.4 is 5.32 Å². The van der Waals surface area contributed by atoms with Gasteiger partial charge in [-0.05, 0) is 41.4 Å². The smallest absolute Gasteiger partial charge is 0.269 e. The van der Waals surface area contributed by atoms with E-state index < -0.39 is 0 Å². The molecule has 2 rings (SSSR count). The minimum Gasteiger partial charge on any atom is -0.305 e. The number of aryl methyl sites for hydroxylation is 1. The summed E-state index contributed by atoms with van der Waals surface area (Å²) in [4.78, 5) is 12.9. The molecule has 0 fully saturated rings. The Kier molecular flexibility index (Phi) is 4.91. The van der Waals surface area contributed by atoms with Crippen LogP contribution in [0.2, 0.25) is 0 Å². The van der Waals surface area contributed by atoms with Crippen molar-refractivity contribution in [2.45, 2.75) is 26.4 Å². The Balaban J connectivity index is 2.02. The van der Waals surface area contributed by atoms with Gasteiger partial charge in [-0.1, -0.05) is 12.1 Å². The van der Waals surface area contributed by atoms with Crippen LogP contribution in [0.15, 0.2) is 34.8 Å². The van der Waals surface area contributed by atoms with E-state index in [0.717, 1.165) is 16.6 Å². The number of benzene rings is 1. The van der Waals surface area contributed by atoms with Crippen molar-refractivity contribution >= 4 is 33.0 Å². The predicted octanol–water partition coefficient (Wildman–Crippen LogP) is 4.58. The van der Waals surface area contributed by atoms with Crippen LogP contribution >= 0.6 is 27.3 Å². The number of halogens is 1. The van der Waals surface area contributed by atoms with Crippen molar-refractivity contribution in [3.05, 3.63) is 60.2 Å². The largest absolute Gasteiger partial charge is 0.305 e. The van der Waals surface area contributed by atoms with Crippen LogP contribution in [0.5, 0.6) is 0 Å². The van der Waals surface area contributed by atoms with Gasteiger partial charge < -0.3 is 5.32 Å². The minimum atomic E-state index is -0.365. The highest BCUT2D eigenvalue weighted by atomic mass is 79.9. The first-order chi connectivity index (χ1) is 9.47. The molecule has 20 heavy (non-hydrogen) atoms. The highest BCUT2D eigenvalue weighted by molar-refractivity contribution is 9.10. The zero-order valence-corrected chi connectivity index (χ0v) is 13.6. The minimum absolute atomic E-state index is 0.0658. The molecule has 0 saturated heterocycles. The maximum atomic E-state index is 10.8. The highest BCUT2D eigenvalue weighted by Crippen LogP contribution is 2.27. The van der Waals surface area contributed by atoms with Crippen molar-refractivity contribution in [3.8, 4) is 0 Å². The molecule has 4 nitrogen and oxygen atoms in total. The van der Waals surface area contributed by atoms with E-state index in [0.29, 0.717) is 0 Å². The fourth-order valence-electron chi connectivity index (χ4n) is 1.88. The molecule has 1 unspecified atom stereocenters. The van der Waals surface area contributed by atoms with Gasteiger partial charge in [0, 0.05) is 38.9 Å². The summed E-state index contributed by atoms with van der Waals surface area (Å²) in [5, 5.41) is 14.2. The number of rotatable bonds is 5. The van der Waals surface area contributed by atoms with Crippen LogP contribution in [0.3, 0.4) is 0 Å². The molecular weight excluding hydrogens is 340 g/mol. The lowest BCUT2D eigenvalue weighted by atomic mass is 10.1. The van der Waals surface area contributed by atoms with Gasteiger partial charge in [0.2, 0.25) is 0 Å². The van der Waals surface area contributed by atoms with Gasteiger partial charge in [0.15, 0.2) is 0 Å². The number of hydrogen-bond donors (Lipinski definition) is 1. The fraction of sp³-hybridized carbons (Fsp3) is 0.286. The van der Waals surface area contributed by atoms with E-state index in [9.17, 15) is 10.1 Å². The van der Waals surface area contributed by atoms with Crippen LogP contribution in [-0.4, -0.2) is 4.92 Å². The van der Waals surface area contributed by atoms with Crippen molar-refractivity contribution in [2.24, 2.45) is 0 Å². The number of hydrogen-bond acceptors (Lipinski definition) is 4. The quantitative estimate of drug-likeness (QED) is 0.631. The molecule has 0 bridgehead atoms. The molecule has 0 radical (unpaired) electrons. The van der Waals surface area contributed by atoms with Gasteiger partial charge in [-0.25, -0.2) is 0 Å². The number of nitro benzene ring substituents is 1. The normalized spacial score (nSPS) is 12.3. The van der Waals surface area contributed by atoms with E-state index in [-0.39, 0.29) is 16.7 Å². The Hall–Kier alpha value is -1.24. The maximum absolute atomic E-state index is 10.8. The lowest BCUT2D eigenvalue weighted by molar-refractivity contribution is -0.384. The predicted molar refractivity (Wildman–Crippen MR) is 85.1 cm³/mol. The number of nitrogens with one attached hydrogen (secondary N) is 1. The summed E-state index contributed by atoms with van der Waals surface area (Å²) in [6, 6.07) is 8.92. The Morgan fingerprint density at radius 1 is 1.45 bits per heavy atom. The molecule has 2 aromatic rings. The second-order valence-corrected chi connectivity index (χ2v) is 6.77. The van der Waals surface area contributed by atoms with Crippen LogP contribution in [0.25, 0.3) is 0 Å². The Morgan fingerprint density at radius 2 is 2.20 bits per heavy atom. The van der Waals surface area contributed by atoms with Gasteiger partial charge in [-0.15, -0.1) is 11.3 Å². The standard InChI is InChI=1S/C14H15BrN2O2S/c1-9(11-4-3-5-12(6-11)17(18)19)16-8-13-7-14(15)10(2)20-13/h3-7,9,16H,8H2,1-2H3. The lowest BCUT2D eigenvalue weighted by Gasteiger charge is -2.13. The molecule has 0 saturated carbocycles. The van der Waals surface area contributed by atoms with Gasteiger partial charge in [0.1, 0.15) is 0 Å². The van der Waals surface area contributed by atoms with E-state index >= 15 is 0 Å². The van der Waals surface area contributed by atoms with Crippen molar-refractivity contribution in [2.75, 3.05) is 0 Å². The van der Waals surface area contributed by atoms with Crippen LogP contribution in [0.1, 0.15) is 28.3 Å². The average molecular weight is 355 g/mol. The second kappa shape index (κ2) is 6.47. The molecule has 1 aromatic carbocycles. The molecule has 0 amide bonds. The molecule has 0 aliphatic heterocycles. The Morgan fingerprint density at radius 3 is 2.80 bits per heavy atom. The molecule has 1 atom stereocenters. The van der Waals surface area contributed by atoms with Gasteiger partial charge in [-0.2, -0.15) is 0 Å². The zero-order chi connectivity index (χ0) is 14.7. The number of non-ortho nitro benzene ring substituents is 1. The fourth-order valence-corrected chi connectivity index (χ4v) is 3.44. The summed E-state index contributed by atoms with van der Waals surface area (Å²) in [7, 11) is 0. The molecule has 1 N–H and O–H groups in total. The van der Waals surface area contributed by atoms with E-state index in [1.54, 1.807) is 23.5 Å². The SMILES string of the molecule is Cc1sc(CNC(C)c2cccc([N+](=O)[O-])c2)cc1Br. The van der Waals surface area contributed by atoms with E-state index in [4.69, 9.17) is 0 Å². The summed E-state index contributed by atoms with van der Waals surface area (Å²) in [6.07, 6.45) is 0. The Labute approximate surface area is 130 Å². The van der Waals surface area contributed by atoms with Crippen molar-refractivity contribution in [1.82, 2.24) is 5.32 Å². The maximum Gasteiger partial charge on any atom is 0.269 e. The summed E-state index contributed by atoms with van der Waals surface area (Å²) in [5.41, 5.74) is 1.05. The van der Waals surface area contributed by atoms with Crippen molar-refractivity contribution in [1.29, 1.82) is 0 Å². The van der Waals surface area contributed by atoms with Gasteiger partial charge >= 0.3 is 0 Å². The third kappa shape index (κ3) is 3.65. The lowest BCUT2D eigenvalue weighted by Crippen LogP contribution is -2.17. The second-order valence-electron chi connectivity index (χ2n) is 4.57. The van der Waals surface area contributed by atoms with Crippen LogP contribution in [-0.2, 0) is 6.54 Å². The van der Waals surface area contributed by atoms with E-state index in [1.807, 2.05) is 13.0 Å². The molecule has 106 valence electrons. The number of thiophene rings is 1. The third-order valence-electron chi connectivity index (χ3n) is 3.07. The molecule has 1 heterocycles. The first-order valence-corrected chi connectivity index (χ1v) is 7.81. The first kappa shape index (κ1) is 15.2. The molecule has 0 aliphatic carbocycles. The van der Waals surface area contributed by atoms with Crippen molar-refractivity contribution < 1.29 is 4.92 Å². The molecular formula is C14H15BrN2O2S. The first-order valence-electron chi connectivity index (χ1n) is 6.20.